The van der Waals surface area contributed by atoms with Crippen LogP contribution in [0.1, 0.15) is 22.7 Å². The Morgan fingerprint density at radius 2 is 1.83 bits per heavy atom. The molecule has 2 aromatic carbocycles. The Morgan fingerprint density at radius 1 is 1.14 bits per heavy atom. The summed E-state index contributed by atoms with van der Waals surface area (Å²) in [7, 11) is 3.10. The third-order valence-corrected chi connectivity index (χ3v) is 5.46. The van der Waals surface area contributed by atoms with E-state index >= 15 is 0 Å². The Morgan fingerprint density at radius 3 is 2.41 bits per heavy atom. The van der Waals surface area contributed by atoms with Crippen molar-refractivity contribution in [1.29, 1.82) is 0 Å². The predicted octanol–water partition coefficient (Wildman–Crippen LogP) is 3.83. The minimum atomic E-state index is -0.708. The number of ketones is 1. The van der Waals surface area contributed by atoms with E-state index in [1.54, 1.807) is 25.3 Å². The number of likely N-dealkylation sites (tertiary alicyclic amines) is 1. The highest BCUT2D eigenvalue weighted by Crippen LogP contribution is 2.40. The highest BCUT2D eigenvalue weighted by molar-refractivity contribution is 9.10. The molecule has 1 heterocycles. The zero-order valence-corrected chi connectivity index (χ0v) is 18.0. The summed E-state index contributed by atoms with van der Waals surface area (Å²) in [5.74, 6) is -0.893. The van der Waals surface area contributed by atoms with E-state index in [4.69, 9.17) is 9.47 Å². The summed E-state index contributed by atoms with van der Waals surface area (Å²) in [6, 6.07) is 11.8. The molecule has 1 aliphatic heterocycles. The fraction of sp³-hybridized carbons (Fsp3) is 0.273. The number of rotatable bonds is 6. The van der Waals surface area contributed by atoms with Crippen molar-refractivity contribution in [3.8, 4) is 5.75 Å². The number of halogens is 1. The number of aliphatic hydroxyl groups excluding tert-OH is 1. The van der Waals surface area contributed by atoms with Gasteiger partial charge in [0.05, 0.1) is 25.3 Å². The van der Waals surface area contributed by atoms with E-state index in [0.29, 0.717) is 11.3 Å². The quantitative estimate of drug-likeness (QED) is 0.403. The van der Waals surface area contributed by atoms with E-state index in [0.717, 1.165) is 15.6 Å². The van der Waals surface area contributed by atoms with Crippen LogP contribution in [0.2, 0.25) is 0 Å². The van der Waals surface area contributed by atoms with Gasteiger partial charge in [-0.05, 0) is 48.4 Å². The Bertz CT molecular complexity index is 968. The van der Waals surface area contributed by atoms with Crippen molar-refractivity contribution in [2.45, 2.75) is 13.0 Å². The molecule has 29 heavy (non-hydrogen) atoms. The van der Waals surface area contributed by atoms with Gasteiger partial charge in [-0.15, -0.1) is 0 Å². The fourth-order valence-corrected chi connectivity index (χ4v) is 3.74. The maximum atomic E-state index is 12.9. The molecule has 1 N–H and O–H groups in total. The number of nitrogens with zero attached hydrogens (tertiary/aromatic N) is 1. The zero-order valence-electron chi connectivity index (χ0n) is 16.4. The summed E-state index contributed by atoms with van der Waals surface area (Å²) >= 11 is 3.40. The SMILES string of the molecule is COCCN1C(=O)C(=O)C(=C(O)c2ccc(OC)c(C)c2)[C@H]1c1ccc(Br)cc1. The number of aryl methyl sites for hydroxylation is 1. The van der Waals surface area contributed by atoms with Gasteiger partial charge in [-0.1, -0.05) is 28.1 Å². The van der Waals surface area contributed by atoms with Crippen LogP contribution in [0.5, 0.6) is 5.75 Å². The van der Waals surface area contributed by atoms with Crippen LogP contribution in [0.25, 0.3) is 5.76 Å². The normalized spacial score (nSPS) is 18.3. The molecule has 0 radical (unpaired) electrons. The minimum absolute atomic E-state index is 0.0676. The van der Waals surface area contributed by atoms with Gasteiger partial charge in [0.2, 0.25) is 0 Å². The van der Waals surface area contributed by atoms with Crippen LogP contribution in [-0.4, -0.2) is 49.1 Å². The number of methoxy groups -OCH3 is 2. The van der Waals surface area contributed by atoms with Gasteiger partial charge in [0.25, 0.3) is 11.7 Å². The van der Waals surface area contributed by atoms with E-state index in [1.807, 2.05) is 31.2 Å². The molecule has 1 amide bonds. The van der Waals surface area contributed by atoms with E-state index in [9.17, 15) is 14.7 Å². The Balaban J connectivity index is 2.15. The van der Waals surface area contributed by atoms with Gasteiger partial charge >= 0.3 is 0 Å². The van der Waals surface area contributed by atoms with E-state index < -0.39 is 17.7 Å². The van der Waals surface area contributed by atoms with Gasteiger partial charge in [0, 0.05) is 23.7 Å². The van der Waals surface area contributed by atoms with Crippen molar-refractivity contribution in [2.24, 2.45) is 0 Å². The maximum absolute atomic E-state index is 12.9. The third kappa shape index (κ3) is 4.06. The first kappa shape index (κ1) is 21.1. The molecular formula is C22H22BrNO5. The van der Waals surface area contributed by atoms with E-state index in [1.165, 1.54) is 12.0 Å². The van der Waals surface area contributed by atoms with Gasteiger partial charge in [-0.25, -0.2) is 0 Å². The summed E-state index contributed by atoms with van der Waals surface area (Å²) in [5.41, 5.74) is 2.06. The van der Waals surface area contributed by atoms with Crippen molar-refractivity contribution in [3.63, 3.8) is 0 Å². The molecule has 3 rings (SSSR count). The zero-order chi connectivity index (χ0) is 21.1. The van der Waals surface area contributed by atoms with Crippen LogP contribution in [0.15, 0.2) is 52.5 Å². The molecule has 0 saturated carbocycles. The largest absolute Gasteiger partial charge is 0.507 e. The number of ether oxygens (including phenoxy) is 2. The van der Waals surface area contributed by atoms with Crippen LogP contribution >= 0.6 is 15.9 Å². The molecule has 0 bridgehead atoms. The van der Waals surface area contributed by atoms with Crippen LogP contribution < -0.4 is 4.74 Å². The number of carbonyl (C=O) groups is 2. The first-order valence-corrected chi connectivity index (χ1v) is 9.86. The van der Waals surface area contributed by atoms with Gasteiger partial charge in [0.15, 0.2) is 0 Å². The van der Waals surface area contributed by atoms with Crippen LogP contribution in [0.3, 0.4) is 0 Å². The van der Waals surface area contributed by atoms with Gasteiger partial charge in [-0.3, -0.25) is 9.59 Å². The second-order valence-corrected chi connectivity index (χ2v) is 7.64. The van der Waals surface area contributed by atoms with Crippen molar-refractivity contribution in [3.05, 3.63) is 69.2 Å². The number of hydrogen-bond donors (Lipinski definition) is 1. The molecule has 1 fully saturated rings. The number of Topliss-reactive ketones (excluding diaryl/α,β-unsaturated/α-hetero) is 1. The van der Waals surface area contributed by atoms with Crippen LogP contribution in [-0.2, 0) is 14.3 Å². The monoisotopic (exact) mass is 459 g/mol. The lowest BCUT2D eigenvalue weighted by Gasteiger charge is -2.25. The second kappa shape index (κ2) is 8.80. The fourth-order valence-electron chi connectivity index (χ4n) is 3.47. The lowest BCUT2D eigenvalue weighted by Crippen LogP contribution is -2.32. The number of amides is 1. The molecule has 0 spiro atoms. The molecule has 152 valence electrons. The lowest BCUT2D eigenvalue weighted by atomic mass is 9.95. The van der Waals surface area contributed by atoms with Gasteiger partial charge < -0.3 is 19.5 Å². The number of carbonyl (C=O) groups excluding carboxylic acids is 2. The molecule has 1 atom stereocenters. The summed E-state index contributed by atoms with van der Waals surface area (Å²) < 4.78 is 11.2. The molecule has 1 saturated heterocycles. The predicted molar refractivity (Wildman–Crippen MR) is 113 cm³/mol. The Kier molecular flexibility index (Phi) is 6.39. The van der Waals surface area contributed by atoms with Crippen molar-refractivity contribution < 1.29 is 24.2 Å². The summed E-state index contributed by atoms with van der Waals surface area (Å²) in [6.45, 7) is 2.36. The Labute approximate surface area is 177 Å². The Hall–Kier alpha value is -2.64. The average molecular weight is 460 g/mol. The molecule has 1 aliphatic rings. The summed E-state index contributed by atoms with van der Waals surface area (Å²) in [6.07, 6.45) is 0. The smallest absolute Gasteiger partial charge is 0.295 e. The molecule has 2 aromatic rings. The third-order valence-electron chi connectivity index (χ3n) is 4.93. The molecule has 0 unspecified atom stereocenters. The standard InChI is InChI=1S/C22H22BrNO5/c1-13-12-15(6-9-17(13)29-3)20(25)18-19(14-4-7-16(23)8-5-14)24(10-11-28-2)22(27)21(18)26/h4-9,12,19,25H,10-11H2,1-3H3/t19-/m1/s1. The topological polar surface area (TPSA) is 76.1 Å². The van der Waals surface area contributed by atoms with Crippen molar-refractivity contribution in [1.82, 2.24) is 4.90 Å². The van der Waals surface area contributed by atoms with Gasteiger partial charge in [0.1, 0.15) is 11.5 Å². The van der Waals surface area contributed by atoms with Gasteiger partial charge in [-0.2, -0.15) is 0 Å². The molecule has 0 aliphatic carbocycles. The molecular weight excluding hydrogens is 438 g/mol. The number of hydrogen-bond acceptors (Lipinski definition) is 5. The van der Waals surface area contributed by atoms with Crippen LogP contribution in [0, 0.1) is 6.92 Å². The van der Waals surface area contributed by atoms with Crippen molar-refractivity contribution >= 4 is 33.4 Å². The lowest BCUT2D eigenvalue weighted by molar-refractivity contribution is -0.140. The first-order valence-electron chi connectivity index (χ1n) is 9.06. The molecule has 0 aromatic heterocycles. The maximum Gasteiger partial charge on any atom is 0.295 e. The second-order valence-electron chi connectivity index (χ2n) is 6.72. The molecule has 6 nitrogen and oxygen atoms in total. The van der Waals surface area contributed by atoms with Crippen LogP contribution in [0.4, 0.5) is 0 Å². The van der Waals surface area contributed by atoms with Crippen molar-refractivity contribution in [2.75, 3.05) is 27.4 Å². The van der Waals surface area contributed by atoms with E-state index in [2.05, 4.69) is 15.9 Å². The summed E-state index contributed by atoms with van der Waals surface area (Å²) in [4.78, 5) is 27.0. The number of benzene rings is 2. The highest BCUT2D eigenvalue weighted by Gasteiger charge is 2.45. The minimum Gasteiger partial charge on any atom is -0.507 e. The molecule has 7 heteroatoms. The highest BCUT2D eigenvalue weighted by atomic mass is 79.9. The number of aliphatic hydroxyl groups is 1. The summed E-state index contributed by atoms with van der Waals surface area (Å²) in [5, 5.41) is 11.0. The first-order chi connectivity index (χ1) is 13.9. The van der Waals surface area contributed by atoms with E-state index in [-0.39, 0.29) is 24.5 Å². The average Bonchev–Trinajstić information content (AvgIpc) is 2.96.